The normalized spacial score (nSPS) is 31.6. The van der Waals surface area contributed by atoms with Gasteiger partial charge in [-0.3, -0.25) is 4.79 Å². The number of aromatic hydroxyl groups is 3. The molecule has 2 heterocycles. The number of methoxy groups -OCH3 is 1. The molecule has 2 fully saturated rings. The second-order valence-corrected chi connectivity index (χ2v) is 9.65. The first-order valence-electron chi connectivity index (χ1n) is 12.7. The van der Waals surface area contributed by atoms with Gasteiger partial charge in [-0.2, -0.15) is 0 Å². The third-order valence-electron chi connectivity index (χ3n) is 6.80. The zero-order chi connectivity index (χ0) is 30.7. The van der Waals surface area contributed by atoms with Crippen molar-refractivity contribution in [3.8, 4) is 28.7 Å². The number of ether oxygens (including phenoxy) is 5. The first-order chi connectivity index (χ1) is 19.9. The van der Waals surface area contributed by atoms with Gasteiger partial charge in [0.05, 0.1) is 25.9 Å². The van der Waals surface area contributed by atoms with Gasteiger partial charge in [0.25, 0.3) is 0 Å². The van der Waals surface area contributed by atoms with Crippen LogP contribution in [0.25, 0.3) is 6.08 Å². The molecule has 0 bridgehead atoms. The van der Waals surface area contributed by atoms with Crippen LogP contribution in [0, 0.1) is 0 Å². The average Bonchev–Trinajstić information content (AvgIpc) is 2.97. The average molecular weight is 597 g/mol. The Morgan fingerprint density at radius 2 is 1.57 bits per heavy atom. The van der Waals surface area contributed by atoms with Crippen LogP contribution in [0.5, 0.6) is 28.7 Å². The van der Waals surface area contributed by atoms with Crippen LogP contribution in [-0.4, -0.2) is 127 Å². The zero-order valence-corrected chi connectivity index (χ0v) is 22.1. The molecule has 0 amide bonds. The molecule has 42 heavy (non-hydrogen) atoms. The largest absolute Gasteiger partial charge is 0.504 e. The number of carbonyl (C=O) groups excluding carboxylic acids is 1. The second kappa shape index (κ2) is 13.2. The van der Waals surface area contributed by atoms with Gasteiger partial charge in [0.15, 0.2) is 35.1 Å². The molecule has 15 nitrogen and oxygen atoms in total. The van der Waals surface area contributed by atoms with Gasteiger partial charge in [0.1, 0.15) is 42.7 Å². The quantitative estimate of drug-likeness (QED) is 0.0894. The smallest absolute Gasteiger partial charge is 0.229 e. The third-order valence-corrected chi connectivity index (χ3v) is 6.80. The summed E-state index contributed by atoms with van der Waals surface area (Å²) in [5.41, 5.74) is 0.144. The lowest BCUT2D eigenvalue weighted by Gasteiger charge is -2.41. The first kappa shape index (κ1) is 31.4. The standard InChI is InChI=1S/C27H32O15/c1-38-16-6-3-11(8-14(16)29)2-5-13(28)12-4-7-17(21(33)19(12)31)41-27-25(37)23(35)22(34)18(42-27)10-40-26-24(36)20(32)15(30)9-39-26/h2-8,15,18,20,22-27,29-37H,9-10H2,1H3/t15-,18+,20-,22+,23+,24+,25+,26-,27+/m0/s1. The molecule has 0 radical (unpaired) electrons. The van der Waals surface area contributed by atoms with Gasteiger partial charge in [0.2, 0.25) is 12.0 Å². The molecule has 0 spiro atoms. The van der Waals surface area contributed by atoms with Crippen molar-refractivity contribution < 1.29 is 74.4 Å². The van der Waals surface area contributed by atoms with Crippen molar-refractivity contribution in [1.82, 2.24) is 0 Å². The monoisotopic (exact) mass is 596 g/mol. The van der Waals surface area contributed by atoms with Crippen molar-refractivity contribution in [1.29, 1.82) is 0 Å². The molecule has 0 aliphatic carbocycles. The van der Waals surface area contributed by atoms with E-state index in [4.69, 9.17) is 23.7 Å². The lowest BCUT2D eigenvalue weighted by Crippen LogP contribution is -2.61. The number of hydrogen-bond acceptors (Lipinski definition) is 15. The van der Waals surface area contributed by atoms with Crippen molar-refractivity contribution >= 4 is 11.9 Å². The summed E-state index contributed by atoms with van der Waals surface area (Å²) in [5, 5.41) is 91.2. The Morgan fingerprint density at radius 1 is 0.881 bits per heavy atom. The molecular weight excluding hydrogens is 564 g/mol. The Balaban J connectivity index is 1.43. The van der Waals surface area contributed by atoms with Crippen molar-refractivity contribution in [2.75, 3.05) is 20.3 Å². The maximum absolute atomic E-state index is 12.7. The van der Waals surface area contributed by atoms with Gasteiger partial charge >= 0.3 is 0 Å². The van der Waals surface area contributed by atoms with Gasteiger partial charge in [-0.1, -0.05) is 12.1 Å². The van der Waals surface area contributed by atoms with E-state index >= 15 is 0 Å². The predicted octanol–water partition coefficient (Wildman–Crippen LogP) is -1.65. The second-order valence-electron chi connectivity index (χ2n) is 9.65. The molecule has 9 atom stereocenters. The minimum atomic E-state index is -1.84. The van der Waals surface area contributed by atoms with E-state index in [1.54, 1.807) is 6.07 Å². The SMILES string of the molecule is COc1ccc(C=CC(=O)c2ccc(O[C@@H]3O[C@H](CO[C@@H]4OC[C@H](O)[C@H](O)[C@H]4O)[C@@H](O)[C@@H](O)[C@H]3O)c(O)c2O)cc1O. The number of carbonyl (C=O) groups is 1. The lowest BCUT2D eigenvalue weighted by molar-refractivity contribution is -0.307. The Hall–Kier alpha value is -3.51. The number of ketones is 1. The number of aliphatic hydroxyl groups is 6. The van der Waals surface area contributed by atoms with Crippen LogP contribution in [0.3, 0.4) is 0 Å². The van der Waals surface area contributed by atoms with Crippen molar-refractivity contribution in [3.05, 3.63) is 47.5 Å². The van der Waals surface area contributed by atoms with E-state index in [2.05, 4.69) is 0 Å². The van der Waals surface area contributed by atoms with E-state index in [0.29, 0.717) is 5.56 Å². The van der Waals surface area contributed by atoms with Crippen LogP contribution in [-0.2, 0) is 14.2 Å². The number of rotatable bonds is 9. The molecule has 0 aromatic heterocycles. The molecule has 0 unspecified atom stereocenters. The molecule has 2 aromatic rings. The molecule has 9 N–H and O–H groups in total. The van der Waals surface area contributed by atoms with E-state index in [0.717, 1.165) is 18.2 Å². The fourth-order valence-corrected chi connectivity index (χ4v) is 4.32. The van der Waals surface area contributed by atoms with Crippen LogP contribution in [0.1, 0.15) is 15.9 Å². The molecule has 2 saturated heterocycles. The highest BCUT2D eigenvalue weighted by Gasteiger charge is 2.46. The number of allylic oxidation sites excluding steroid dienone is 1. The van der Waals surface area contributed by atoms with Crippen LogP contribution in [0.4, 0.5) is 0 Å². The van der Waals surface area contributed by atoms with Crippen LogP contribution >= 0.6 is 0 Å². The van der Waals surface area contributed by atoms with Crippen LogP contribution in [0.15, 0.2) is 36.4 Å². The topological polar surface area (TPSA) is 245 Å². The minimum Gasteiger partial charge on any atom is -0.504 e. The summed E-state index contributed by atoms with van der Waals surface area (Å²) < 4.78 is 26.3. The minimum absolute atomic E-state index is 0.147. The third kappa shape index (κ3) is 6.59. The number of phenols is 3. The Morgan fingerprint density at radius 3 is 2.26 bits per heavy atom. The first-order valence-corrected chi connectivity index (χ1v) is 12.7. The highest BCUT2D eigenvalue weighted by Crippen LogP contribution is 2.40. The van der Waals surface area contributed by atoms with Crippen LogP contribution < -0.4 is 9.47 Å². The van der Waals surface area contributed by atoms with E-state index < -0.39 is 84.9 Å². The van der Waals surface area contributed by atoms with Crippen molar-refractivity contribution in [3.63, 3.8) is 0 Å². The molecule has 4 rings (SSSR count). The number of benzene rings is 2. The molecular formula is C27H32O15. The summed E-state index contributed by atoms with van der Waals surface area (Å²) in [5.74, 6) is -2.79. The highest BCUT2D eigenvalue weighted by molar-refractivity contribution is 6.09. The lowest BCUT2D eigenvalue weighted by atomic mass is 9.99. The maximum atomic E-state index is 12.7. The summed E-state index contributed by atoms with van der Waals surface area (Å²) in [4.78, 5) is 12.7. The summed E-state index contributed by atoms with van der Waals surface area (Å²) in [6.07, 6.45) is -11.9. The molecule has 2 aliphatic rings. The number of phenolic OH excluding ortho intramolecular Hbond substituents is 3. The van der Waals surface area contributed by atoms with Gasteiger partial charge in [-0.25, -0.2) is 0 Å². The Labute approximate surface area is 238 Å². The fourth-order valence-electron chi connectivity index (χ4n) is 4.32. The molecule has 2 aliphatic heterocycles. The van der Waals surface area contributed by atoms with E-state index in [-0.39, 0.29) is 23.7 Å². The number of aliphatic hydroxyl groups excluding tert-OH is 6. The summed E-state index contributed by atoms with van der Waals surface area (Å²) in [6, 6.07) is 6.66. The van der Waals surface area contributed by atoms with Gasteiger partial charge in [0, 0.05) is 0 Å². The summed E-state index contributed by atoms with van der Waals surface area (Å²) in [7, 11) is 1.38. The Bertz CT molecular complexity index is 1280. The molecule has 2 aromatic carbocycles. The zero-order valence-electron chi connectivity index (χ0n) is 22.1. The van der Waals surface area contributed by atoms with Crippen LogP contribution in [0.2, 0.25) is 0 Å². The summed E-state index contributed by atoms with van der Waals surface area (Å²) in [6.45, 7) is -0.871. The maximum Gasteiger partial charge on any atom is 0.229 e. The predicted molar refractivity (Wildman–Crippen MR) is 139 cm³/mol. The van der Waals surface area contributed by atoms with E-state index in [1.807, 2.05) is 0 Å². The Kier molecular flexibility index (Phi) is 9.88. The fraction of sp³-hybridized carbons (Fsp3) is 0.444. The van der Waals surface area contributed by atoms with Crippen molar-refractivity contribution in [2.45, 2.75) is 55.3 Å². The number of hydrogen-bond donors (Lipinski definition) is 9. The van der Waals surface area contributed by atoms with E-state index in [9.17, 15) is 50.8 Å². The van der Waals surface area contributed by atoms with Crippen molar-refractivity contribution in [2.24, 2.45) is 0 Å². The molecule has 0 saturated carbocycles. The molecule has 230 valence electrons. The van der Waals surface area contributed by atoms with E-state index in [1.165, 1.54) is 25.3 Å². The highest BCUT2D eigenvalue weighted by atomic mass is 16.7. The molecule has 15 heteroatoms. The van der Waals surface area contributed by atoms with Gasteiger partial charge in [-0.05, 0) is 35.9 Å². The van der Waals surface area contributed by atoms with Gasteiger partial charge < -0.3 is 69.6 Å². The summed E-state index contributed by atoms with van der Waals surface area (Å²) >= 11 is 0. The van der Waals surface area contributed by atoms with Gasteiger partial charge in [-0.15, -0.1) is 0 Å².